The van der Waals surface area contributed by atoms with E-state index in [9.17, 15) is 0 Å². The van der Waals surface area contributed by atoms with E-state index < -0.39 is 0 Å². The highest BCUT2D eigenvalue weighted by atomic mass is 32.1. The minimum Gasteiger partial charge on any atom is -0.263 e. The summed E-state index contributed by atoms with van der Waals surface area (Å²) in [6.07, 6.45) is 7.75. The van der Waals surface area contributed by atoms with E-state index in [2.05, 4.69) is 21.5 Å². The fraction of sp³-hybridized carbons (Fsp3) is 0. The van der Waals surface area contributed by atoms with Crippen LogP contribution in [-0.4, -0.2) is 14.8 Å². The zero-order valence-corrected chi connectivity index (χ0v) is 11.4. The SMILES string of the molecule is c1ccc(-n2cc(-c3cncc4ccsc34)cn2)cc1. The number of hydrogen-bond acceptors (Lipinski definition) is 3. The number of fused-ring (bicyclic) bond motifs is 1. The predicted octanol–water partition coefficient (Wildman–Crippen LogP) is 4.15. The van der Waals surface area contributed by atoms with Crippen molar-refractivity contribution in [2.24, 2.45) is 0 Å². The predicted molar refractivity (Wildman–Crippen MR) is 82.2 cm³/mol. The van der Waals surface area contributed by atoms with Crippen molar-refractivity contribution < 1.29 is 0 Å². The molecule has 0 unspecified atom stereocenters. The molecular weight excluding hydrogens is 266 g/mol. The Kier molecular flexibility index (Phi) is 2.60. The Morgan fingerprint density at radius 1 is 0.950 bits per heavy atom. The minimum absolute atomic E-state index is 1.06. The molecule has 0 amide bonds. The summed E-state index contributed by atoms with van der Waals surface area (Å²) in [6.45, 7) is 0. The molecule has 0 aliphatic rings. The van der Waals surface area contributed by atoms with E-state index in [1.54, 1.807) is 11.3 Å². The molecule has 0 bridgehead atoms. The lowest BCUT2D eigenvalue weighted by atomic mass is 10.1. The highest BCUT2D eigenvalue weighted by molar-refractivity contribution is 7.17. The zero-order chi connectivity index (χ0) is 13.4. The molecule has 0 atom stereocenters. The second kappa shape index (κ2) is 4.58. The first-order chi connectivity index (χ1) is 9.92. The number of pyridine rings is 1. The highest BCUT2D eigenvalue weighted by Crippen LogP contribution is 2.31. The van der Waals surface area contributed by atoms with E-state index in [4.69, 9.17) is 0 Å². The lowest BCUT2D eigenvalue weighted by molar-refractivity contribution is 0.881. The Balaban J connectivity index is 1.84. The number of nitrogens with zero attached hydrogens (tertiary/aromatic N) is 3. The molecule has 0 spiro atoms. The quantitative estimate of drug-likeness (QED) is 0.551. The van der Waals surface area contributed by atoms with E-state index in [1.165, 1.54) is 10.1 Å². The van der Waals surface area contributed by atoms with Gasteiger partial charge in [-0.05, 0) is 23.6 Å². The first-order valence-corrected chi connectivity index (χ1v) is 7.21. The summed E-state index contributed by atoms with van der Waals surface area (Å²) in [5, 5.41) is 7.72. The van der Waals surface area contributed by atoms with Crippen molar-refractivity contribution in [2.75, 3.05) is 0 Å². The maximum Gasteiger partial charge on any atom is 0.0645 e. The standard InChI is InChI=1S/C16H11N3S/c1-2-4-14(5-3-1)19-11-13(9-18-19)15-10-17-8-12-6-7-20-16(12)15/h1-11H. The topological polar surface area (TPSA) is 30.7 Å². The van der Waals surface area contributed by atoms with Crippen molar-refractivity contribution in [1.29, 1.82) is 0 Å². The van der Waals surface area contributed by atoms with Crippen LogP contribution in [0.5, 0.6) is 0 Å². The monoisotopic (exact) mass is 277 g/mol. The Hall–Kier alpha value is -2.46. The maximum atomic E-state index is 4.45. The Morgan fingerprint density at radius 2 is 1.85 bits per heavy atom. The Bertz CT molecular complexity index is 861. The van der Waals surface area contributed by atoms with Crippen LogP contribution >= 0.6 is 11.3 Å². The van der Waals surface area contributed by atoms with Gasteiger partial charge in [-0.3, -0.25) is 4.98 Å². The van der Waals surface area contributed by atoms with Gasteiger partial charge in [0.1, 0.15) is 0 Å². The molecule has 3 nitrogen and oxygen atoms in total. The Morgan fingerprint density at radius 3 is 2.75 bits per heavy atom. The van der Waals surface area contributed by atoms with Crippen molar-refractivity contribution in [3.05, 3.63) is 66.6 Å². The van der Waals surface area contributed by atoms with Gasteiger partial charge in [0, 0.05) is 39.8 Å². The van der Waals surface area contributed by atoms with Gasteiger partial charge in [-0.15, -0.1) is 11.3 Å². The van der Waals surface area contributed by atoms with Crippen molar-refractivity contribution in [3.63, 3.8) is 0 Å². The molecule has 4 heteroatoms. The molecule has 0 N–H and O–H groups in total. The molecule has 0 aliphatic heterocycles. The van der Waals surface area contributed by atoms with Crippen molar-refractivity contribution in [1.82, 2.24) is 14.8 Å². The lowest BCUT2D eigenvalue weighted by Gasteiger charge is -2.00. The summed E-state index contributed by atoms with van der Waals surface area (Å²) >= 11 is 1.74. The fourth-order valence-corrected chi connectivity index (χ4v) is 3.19. The van der Waals surface area contributed by atoms with Crippen LogP contribution in [0.4, 0.5) is 0 Å². The average molecular weight is 277 g/mol. The van der Waals surface area contributed by atoms with Gasteiger partial charge < -0.3 is 0 Å². The normalized spacial score (nSPS) is 11.0. The van der Waals surface area contributed by atoms with E-state index >= 15 is 0 Å². The zero-order valence-electron chi connectivity index (χ0n) is 10.6. The second-order valence-corrected chi connectivity index (χ2v) is 5.45. The molecular formula is C16H11N3S. The van der Waals surface area contributed by atoms with Gasteiger partial charge in [0.25, 0.3) is 0 Å². The molecule has 0 radical (unpaired) electrons. The smallest absolute Gasteiger partial charge is 0.0645 e. The summed E-state index contributed by atoms with van der Waals surface area (Å²) < 4.78 is 3.15. The summed E-state index contributed by atoms with van der Waals surface area (Å²) in [4.78, 5) is 4.31. The molecule has 20 heavy (non-hydrogen) atoms. The molecule has 3 aromatic heterocycles. The summed E-state index contributed by atoms with van der Waals surface area (Å²) in [7, 11) is 0. The van der Waals surface area contributed by atoms with Crippen LogP contribution in [0.3, 0.4) is 0 Å². The molecule has 4 aromatic rings. The number of rotatable bonds is 2. The largest absolute Gasteiger partial charge is 0.263 e. The van der Waals surface area contributed by atoms with Crippen LogP contribution < -0.4 is 0 Å². The van der Waals surface area contributed by atoms with Crippen LogP contribution in [0.15, 0.2) is 66.6 Å². The van der Waals surface area contributed by atoms with Gasteiger partial charge in [0.2, 0.25) is 0 Å². The highest BCUT2D eigenvalue weighted by Gasteiger charge is 2.08. The summed E-state index contributed by atoms with van der Waals surface area (Å²) in [6, 6.07) is 12.2. The molecule has 96 valence electrons. The van der Waals surface area contributed by atoms with Gasteiger partial charge >= 0.3 is 0 Å². The first kappa shape index (κ1) is 11.4. The van der Waals surface area contributed by atoms with Crippen LogP contribution in [-0.2, 0) is 0 Å². The average Bonchev–Trinajstić information content (AvgIpc) is 3.17. The summed E-state index contributed by atoms with van der Waals surface area (Å²) in [5.74, 6) is 0. The van der Waals surface area contributed by atoms with Crippen LogP contribution in [0.2, 0.25) is 0 Å². The van der Waals surface area contributed by atoms with Crippen LogP contribution in [0.25, 0.3) is 26.9 Å². The van der Waals surface area contributed by atoms with Crippen LogP contribution in [0.1, 0.15) is 0 Å². The first-order valence-electron chi connectivity index (χ1n) is 6.33. The van der Waals surface area contributed by atoms with Gasteiger partial charge in [-0.1, -0.05) is 18.2 Å². The summed E-state index contributed by atoms with van der Waals surface area (Å²) in [5.41, 5.74) is 3.29. The molecule has 0 fully saturated rings. The second-order valence-electron chi connectivity index (χ2n) is 4.54. The Labute approximate surface area is 120 Å². The molecule has 3 heterocycles. The van der Waals surface area contributed by atoms with Gasteiger partial charge in [-0.2, -0.15) is 5.10 Å². The number of thiophene rings is 1. The van der Waals surface area contributed by atoms with E-state index in [1.807, 2.05) is 59.8 Å². The van der Waals surface area contributed by atoms with Gasteiger partial charge in [-0.25, -0.2) is 4.68 Å². The molecule has 0 aliphatic carbocycles. The number of para-hydroxylation sites is 1. The molecule has 0 saturated carbocycles. The van der Waals surface area contributed by atoms with Gasteiger partial charge in [0.05, 0.1) is 11.9 Å². The van der Waals surface area contributed by atoms with Crippen molar-refractivity contribution >= 4 is 21.4 Å². The van der Waals surface area contributed by atoms with Crippen LogP contribution in [0, 0.1) is 0 Å². The van der Waals surface area contributed by atoms with Crippen molar-refractivity contribution in [3.8, 4) is 16.8 Å². The third kappa shape index (κ3) is 1.82. The van der Waals surface area contributed by atoms with E-state index in [0.717, 1.165) is 16.8 Å². The van der Waals surface area contributed by atoms with E-state index in [-0.39, 0.29) is 0 Å². The van der Waals surface area contributed by atoms with E-state index in [0.29, 0.717) is 0 Å². The molecule has 1 aromatic carbocycles. The minimum atomic E-state index is 1.06. The third-order valence-corrected chi connectivity index (χ3v) is 4.24. The molecule has 0 saturated heterocycles. The third-order valence-electron chi connectivity index (χ3n) is 3.27. The van der Waals surface area contributed by atoms with Crippen molar-refractivity contribution in [2.45, 2.75) is 0 Å². The lowest BCUT2D eigenvalue weighted by Crippen LogP contribution is -1.92. The maximum absolute atomic E-state index is 4.45. The number of aromatic nitrogens is 3. The molecule has 4 rings (SSSR count). The van der Waals surface area contributed by atoms with Gasteiger partial charge in [0.15, 0.2) is 0 Å². The number of hydrogen-bond donors (Lipinski definition) is 0. The fourth-order valence-electron chi connectivity index (χ4n) is 2.28. The number of benzene rings is 1.